The Balaban J connectivity index is 2.33. The van der Waals surface area contributed by atoms with Crippen molar-refractivity contribution in [2.24, 2.45) is 0 Å². The van der Waals surface area contributed by atoms with E-state index in [1.807, 2.05) is 6.92 Å². The molecule has 26 heavy (non-hydrogen) atoms. The number of carbonyl (C=O) groups is 1. The van der Waals surface area contributed by atoms with Crippen LogP contribution in [0, 0.1) is 5.82 Å². The Bertz CT molecular complexity index is 748. The number of anilines is 1. The summed E-state index contributed by atoms with van der Waals surface area (Å²) in [6.07, 6.45) is 5.08. The van der Waals surface area contributed by atoms with Crippen molar-refractivity contribution in [3.05, 3.63) is 34.1 Å². The highest BCUT2D eigenvalue weighted by atomic mass is 79.9. The van der Waals surface area contributed by atoms with Crippen LogP contribution in [0.25, 0.3) is 11.3 Å². The van der Waals surface area contributed by atoms with Crippen molar-refractivity contribution < 1.29 is 13.7 Å². The van der Waals surface area contributed by atoms with Crippen molar-refractivity contribution >= 4 is 27.8 Å². The second-order valence-electron chi connectivity index (χ2n) is 6.22. The van der Waals surface area contributed by atoms with Crippen LogP contribution >= 0.6 is 15.9 Å². The highest BCUT2D eigenvalue weighted by Crippen LogP contribution is 2.35. The van der Waals surface area contributed by atoms with Gasteiger partial charge in [0.2, 0.25) is 0 Å². The van der Waals surface area contributed by atoms with E-state index in [2.05, 4.69) is 33.3 Å². The third-order valence-electron chi connectivity index (χ3n) is 4.29. The largest absolute Gasteiger partial charge is 0.354 e. The van der Waals surface area contributed by atoms with Gasteiger partial charge in [-0.1, -0.05) is 31.3 Å². The quantitative estimate of drug-likeness (QED) is 0.539. The van der Waals surface area contributed by atoms with Crippen molar-refractivity contribution in [1.82, 2.24) is 10.1 Å². The fourth-order valence-electron chi connectivity index (χ4n) is 2.59. The molecule has 5 nitrogen and oxygen atoms in total. The molecule has 0 fully saturated rings. The molecule has 142 valence electrons. The molecule has 0 spiro atoms. The van der Waals surface area contributed by atoms with E-state index >= 15 is 0 Å². The van der Waals surface area contributed by atoms with Crippen LogP contribution in [0.3, 0.4) is 0 Å². The van der Waals surface area contributed by atoms with Gasteiger partial charge in [0.15, 0.2) is 11.6 Å². The first kappa shape index (κ1) is 20.4. The molecule has 1 aromatic carbocycles. The van der Waals surface area contributed by atoms with Gasteiger partial charge in [-0.3, -0.25) is 5.32 Å². The third-order valence-corrected chi connectivity index (χ3v) is 4.95. The Labute approximate surface area is 162 Å². The number of aromatic nitrogens is 1. The normalized spacial score (nSPS) is 10.8. The summed E-state index contributed by atoms with van der Waals surface area (Å²) in [5.74, 6) is 0.656. The SMILES string of the molecule is CCCCCCc1c(NC(=O)N(C)CC)noc1-c1ccc(F)cc1Br. The van der Waals surface area contributed by atoms with Gasteiger partial charge in [0.05, 0.1) is 0 Å². The summed E-state index contributed by atoms with van der Waals surface area (Å²) in [7, 11) is 1.72. The maximum atomic E-state index is 13.4. The molecular weight excluding hydrogens is 401 g/mol. The molecule has 0 atom stereocenters. The zero-order chi connectivity index (χ0) is 19.1. The molecule has 0 aliphatic rings. The molecule has 0 saturated carbocycles. The van der Waals surface area contributed by atoms with E-state index < -0.39 is 0 Å². The summed E-state index contributed by atoms with van der Waals surface area (Å²) in [4.78, 5) is 13.8. The van der Waals surface area contributed by atoms with Gasteiger partial charge in [-0.25, -0.2) is 9.18 Å². The van der Waals surface area contributed by atoms with Crippen LogP contribution in [-0.4, -0.2) is 29.7 Å². The van der Waals surface area contributed by atoms with E-state index in [0.717, 1.165) is 37.7 Å². The van der Waals surface area contributed by atoms with E-state index in [1.165, 1.54) is 12.1 Å². The molecule has 2 amide bonds. The Hall–Kier alpha value is -1.89. The minimum atomic E-state index is -0.331. The molecule has 2 aromatic rings. The minimum absolute atomic E-state index is 0.236. The lowest BCUT2D eigenvalue weighted by molar-refractivity contribution is 0.224. The predicted molar refractivity (Wildman–Crippen MR) is 105 cm³/mol. The van der Waals surface area contributed by atoms with Gasteiger partial charge in [0, 0.05) is 29.2 Å². The number of urea groups is 1. The van der Waals surface area contributed by atoms with Crippen LogP contribution in [0.4, 0.5) is 15.0 Å². The maximum Gasteiger partial charge on any atom is 0.322 e. The number of amides is 2. The fourth-order valence-corrected chi connectivity index (χ4v) is 3.12. The van der Waals surface area contributed by atoms with Gasteiger partial charge < -0.3 is 9.42 Å². The Kier molecular flexibility index (Phi) is 7.63. The zero-order valence-electron chi connectivity index (χ0n) is 15.4. The van der Waals surface area contributed by atoms with E-state index in [4.69, 9.17) is 4.52 Å². The molecule has 2 rings (SSSR count). The Morgan fingerprint density at radius 3 is 2.73 bits per heavy atom. The van der Waals surface area contributed by atoms with Crippen molar-refractivity contribution in [2.75, 3.05) is 18.9 Å². The van der Waals surface area contributed by atoms with E-state index in [1.54, 1.807) is 18.0 Å². The Morgan fingerprint density at radius 2 is 2.08 bits per heavy atom. The van der Waals surface area contributed by atoms with Crippen LogP contribution in [0.15, 0.2) is 27.2 Å². The van der Waals surface area contributed by atoms with Crippen molar-refractivity contribution in [3.8, 4) is 11.3 Å². The van der Waals surface area contributed by atoms with Gasteiger partial charge in [-0.2, -0.15) is 0 Å². The molecule has 0 aliphatic carbocycles. The predicted octanol–water partition coefficient (Wildman–Crippen LogP) is 5.85. The summed E-state index contributed by atoms with van der Waals surface area (Å²) in [6, 6.07) is 4.19. The number of benzene rings is 1. The highest BCUT2D eigenvalue weighted by molar-refractivity contribution is 9.10. The highest BCUT2D eigenvalue weighted by Gasteiger charge is 2.21. The van der Waals surface area contributed by atoms with Gasteiger partial charge in [0.1, 0.15) is 5.82 Å². The molecule has 0 aliphatic heterocycles. The molecule has 0 bridgehead atoms. The smallest absolute Gasteiger partial charge is 0.322 e. The number of hydrogen-bond acceptors (Lipinski definition) is 3. The van der Waals surface area contributed by atoms with Crippen LogP contribution in [0.5, 0.6) is 0 Å². The van der Waals surface area contributed by atoms with Gasteiger partial charge in [-0.05, 0) is 53.9 Å². The molecule has 0 saturated heterocycles. The zero-order valence-corrected chi connectivity index (χ0v) is 17.0. The van der Waals surface area contributed by atoms with Gasteiger partial charge in [0.25, 0.3) is 0 Å². The lowest BCUT2D eigenvalue weighted by Gasteiger charge is -2.14. The standard InChI is InChI=1S/C19H25BrFN3O2/c1-4-6-7-8-9-15-17(14-11-10-13(21)12-16(14)20)26-23-18(15)22-19(25)24(3)5-2/h10-12H,4-9H2,1-3H3,(H,22,23,25). The number of rotatable bonds is 8. The second-order valence-corrected chi connectivity index (χ2v) is 7.07. The second kappa shape index (κ2) is 9.71. The first-order valence-corrected chi connectivity index (χ1v) is 9.73. The first-order valence-electron chi connectivity index (χ1n) is 8.94. The van der Waals surface area contributed by atoms with E-state index in [0.29, 0.717) is 28.2 Å². The maximum absolute atomic E-state index is 13.4. The van der Waals surface area contributed by atoms with Gasteiger partial charge >= 0.3 is 6.03 Å². The van der Waals surface area contributed by atoms with Crippen molar-refractivity contribution in [3.63, 3.8) is 0 Å². The third kappa shape index (κ3) is 5.06. The number of carbonyl (C=O) groups excluding carboxylic acids is 1. The summed E-state index contributed by atoms with van der Waals surface area (Å²) in [6.45, 7) is 4.65. The lowest BCUT2D eigenvalue weighted by Crippen LogP contribution is -2.31. The minimum Gasteiger partial charge on any atom is -0.354 e. The monoisotopic (exact) mass is 425 g/mol. The molecule has 0 radical (unpaired) electrons. The average Bonchev–Trinajstić information content (AvgIpc) is 3.00. The summed E-state index contributed by atoms with van der Waals surface area (Å²) >= 11 is 3.38. The van der Waals surface area contributed by atoms with Crippen LogP contribution in [0.2, 0.25) is 0 Å². The van der Waals surface area contributed by atoms with E-state index in [9.17, 15) is 9.18 Å². The lowest BCUT2D eigenvalue weighted by atomic mass is 10.0. The van der Waals surface area contributed by atoms with Crippen LogP contribution in [0.1, 0.15) is 45.1 Å². The Morgan fingerprint density at radius 1 is 1.31 bits per heavy atom. The average molecular weight is 426 g/mol. The van der Waals surface area contributed by atoms with Crippen LogP contribution < -0.4 is 5.32 Å². The molecule has 1 aromatic heterocycles. The topological polar surface area (TPSA) is 58.4 Å². The van der Waals surface area contributed by atoms with E-state index in [-0.39, 0.29) is 11.8 Å². The summed E-state index contributed by atoms with van der Waals surface area (Å²) < 4.78 is 19.5. The number of halogens is 2. The molecule has 1 heterocycles. The number of hydrogen-bond donors (Lipinski definition) is 1. The molecule has 7 heteroatoms. The first-order chi connectivity index (χ1) is 12.5. The van der Waals surface area contributed by atoms with Crippen LogP contribution in [-0.2, 0) is 6.42 Å². The van der Waals surface area contributed by atoms with Crippen molar-refractivity contribution in [1.29, 1.82) is 0 Å². The molecular formula is C19H25BrFN3O2. The molecule has 0 unspecified atom stereocenters. The van der Waals surface area contributed by atoms with Crippen molar-refractivity contribution in [2.45, 2.75) is 46.0 Å². The molecule has 1 N–H and O–H groups in total. The van der Waals surface area contributed by atoms with Gasteiger partial charge in [-0.15, -0.1) is 0 Å². The summed E-state index contributed by atoms with van der Waals surface area (Å²) in [5.41, 5.74) is 1.56. The number of nitrogens with zero attached hydrogens (tertiary/aromatic N) is 2. The number of nitrogens with one attached hydrogen (secondary N) is 1. The number of unbranched alkanes of at least 4 members (excludes halogenated alkanes) is 3. The fraction of sp³-hybridized carbons (Fsp3) is 0.474. The summed E-state index contributed by atoms with van der Waals surface area (Å²) in [5, 5.41) is 6.88.